The zero-order valence-corrected chi connectivity index (χ0v) is 32.4. The van der Waals surface area contributed by atoms with E-state index in [4.69, 9.17) is 27.9 Å². The van der Waals surface area contributed by atoms with E-state index in [0.29, 0.717) is 42.3 Å². The van der Waals surface area contributed by atoms with Crippen LogP contribution in [-0.4, -0.2) is 30.3 Å². The van der Waals surface area contributed by atoms with Crippen molar-refractivity contribution in [3.63, 3.8) is 0 Å². The van der Waals surface area contributed by atoms with E-state index in [2.05, 4.69) is 16.0 Å². The lowest BCUT2D eigenvalue weighted by atomic mass is 10.0. The molecule has 0 bridgehead atoms. The molecule has 55 heavy (non-hydrogen) atoms. The van der Waals surface area contributed by atoms with E-state index in [1.54, 1.807) is 73.7 Å². The van der Waals surface area contributed by atoms with E-state index in [1.165, 1.54) is 29.2 Å². The van der Waals surface area contributed by atoms with Crippen LogP contribution in [0.1, 0.15) is 44.0 Å². The van der Waals surface area contributed by atoms with Crippen molar-refractivity contribution >= 4 is 86.8 Å². The summed E-state index contributed by atoms with van der Waals surface area (Å²) in [7, 11) is 0. The summed E-state index contributed by atoms with van der Waals surface area (Å²) >= 11 is 15.4. The zero-order chi connectivity index (χ0) is 38.7. The van der Waals surface area contributed by atoms with Gasteiger partial charge in [0.05, 0.1) is 6.61 Å². The third-order valence-corrected chi connectivity index (χ3v) is 10.9. The molecule has 0 radical (unpaired) electrons. The number of ether oxygens (including phenoxy) is 1. The van der Waals surface area contributed by atoms with Crippen molar-refractivity contribution in [3.8, 4) is 11.1 Å². The van der Waals surface area contributed by atoms with Crippen LogP contribution in [0.4, 0.5) is 10.7 Å². The fraction of sp³-hybridized carbons (Fsp3) is 0.0698. The van der Waals surface area contributed by atoms with Crippen LogP contribution in [0.3, 0.4) is 0 Å². The first kappa shape index (κ1) is 39.1. The molecule has 0 spiro atoms. The Morgan fingerprint density at radius 2 is 1.42 bits per heavy atom. The molecular formula is C43H33Cl2N3O5S2. The summed E-state index contributed by atoms with van der Waals surface area (Å²) in [5.74, 6) is -2.02. The molecule has 12 heteroatoms. The molecular weight excluding hydrogens is 774 g/mol. The van der Waals surface area contributed by atoms with Gasteiger partial charge < -0.3 is 20.7 Å². The summed E-state index contributed by atoms with van der Waals surface area (Å²) < 4.78 is 5.40. The molecule has 5 aromatic carbocycles. The number of anilines is 2. The van der Waals surface area contributed by atoms with Gasteiger partial charge in [0.25, 0.3) is 11.8 Å². The van der Waals surface area contributed by atoms with E-state index in [-0.39, 0.29) is 23.8 Å². The van der Waals surface area contributed by atoms with Gasteiger partial charge in [0.1, 0.15) is 21.5 Å². The quantitative estimate of drug-likeness (QED) is 0.0608. The molecule has 0 fully saturated rings. The van der Waals surface area contributed by atoms with Crippen LogP contribution in [0.25, 0.3) is 17.2 Å². The molecule has 0 aliphatic rings. The fourth-order valence-corrected chi connectivity index (χ4v) is 8.03. The Morgan fingerprint density at radius 1 is 0.782 bits per heavy atom. The van der Waals surface area contributed by atoms with Crippen molar-refractivity contribution < 1.29 is 23.9 Å². The fourth-order valence-electron chi connectivity index (χ4n) is 5.48. The highest BCUT2D eigenvalue weighted by Gasteiger charge is 2.28. The summed E-state index contributed by atoms with van der Waals surface area (Å²) in [6.45, 7) is 1.91. The number of thiophene rings is 1. The lowest BCUT2D eigenvalue weighted by Crippen LogP contribution is -2.30. The van der Waals surface area contributed by atoms with Crippen LogP contribution in [0.2, 0.25) is 10.0 Å². The molecule has 3 amide bonds. The molecule has 1 atom stereocenters. The lowest BCUT2D eigenvalue weighted by Gasteiger charge is -2.18. The van der Waals surface area contributed by atoms with E-state index in [9.17, 15) is 19.2 Å². The van der Waals surface area contributed by atoms with Crippen molar-refractivity contribution in [2.75, 3.05) is 17.2 Å². The summed E-state index contributed by atoms with van der Waals surface area (Å²) in [6, 6.07) is 39.1. The Kier molecular flexibility index (Phi) is 13.2. The van der Waals surface area contributed by atoms with Crippen LogP contribution in [-0.2, 0) is 14.3 Å². The molecule has 276 valence electrons. The number of thioether (sulfide) groups is 1. The molecule has 8 nitrogen and oxygen atoms in total. The molecule has 0 aliphatic carbocycles. The monoisotopic (exact) mass is 805 g/mol. The van der Waals surface area contributed by atoms with Crippen LogP contribution >= 0.6 is 46.3 Å². The number of amides is 3. The maximum atomic E-state index is 14.2. The van der Waals surface area contributed by atoms with Crippen molar-refractivity contribution in [2.24, 2.45) is 0 Å². The highest BCUT2D eigenvalue weighted by molar-refractivity contribution is 8.00. The second-order valence-electron chi connectivity index (χ2n) is 11.8. The van der Waals surface area contributed by atoms with Gasteiger partial charge >= 0.3 is 5.97 Å². The Morgan fingerprint density at radius 3 is 2.09 bits per heavy atom. The van der Waals surface area contributed by atoms with Crippen LogP contribution in [0.15, 0.2) is 149 Å². The predicted octanol–water partition coefficient (Wildman–Crippen LogP) is 10.8. The van der Waals surface area contributed by atoms with Gasteiger partial charge in [-0.25, -0.2) is 4.79 Å². The van der Waals surface area contributed by atoms with Crippen molar-refractivity contribution in [1.29, 1.82) is 0 Å². The Bertz CT molecular complexity index is 2330. The van der Waals surface area contributed by atoms with Gasteiger partial charge in [0.15, 0.2) is 0 Å². The number of hydrogen-bond donors (Lipinski definition) is 3. The summed E-state index contributed by atoms with van der Waals surface area (Å²) in [5.41, 5.74) is 3.52. The van der Waals surface area contributed by atoms with Gasteiger partial charge in [-0.2, -0.15) is 0 Å². The topological polar surface area (TPSA) is 114 Å². The highest BCUT2D eigenvalue weighted by atomic mass is 35.5. The minimum Gasteiger partial charge on any atom is -0.462 e. The smallest absolute Gasteiger partial charge is 0.341 e. The summed E-state index contributed by atoms with van der Waals surface area (Å²) in [5, 5.41) is 10.6. The largest absolute Gasteiger partial charge is 0.462 e. The van der Waals surface area contributed by atoms with Crippen LogP contribution in [0.5, 0.6) is 0 Å². The first-order chi connectivity index (χ1) is 26.7. The molecule has 0 saturated carbocycles. The highest BCUT2D eigenvalue weighted by Crippen LogP contribution is 2.40. The SMILES string of the molecule is CCOC(=O)c1c(-c2ccccc2)csc1NC(=O)C(Sc1cccc(NC(=O)/C(=C\c2c(Cl)cccc2Cl)NC(=O)c2ccccc2)c1)c1ccccc1. The van der Waals surface area contributed by atoms with E-state index >= 15 is 0 Å². The maximum absolute atomic E-state index is 14.2. The molecule has 3 N–H and O–H groups in total. The third kappa shape index (κ3) is 9.92. The zero-order valence-electron chi connectivity index (χ0n) is 29.3. The van der Waals surface area contributed by atoms with E-state index in [1.807, 2.05) is 72.1 Å². The predicted molar refractivity (Wildman–Crippen MR) is 223 cm³/mol. The van der Waals surface area contributed by atoms with Gasteiger partial charge in [0.2, 0.25) is 5.91 Å². The van der Waals surface area contributed by atoms with Gasteiger partial charge in [-0.1, -0.05) is 114 Å². The number of hydrogen-bond acceptors (Lipinski definition) is 7. The Hall–Kier alpha value is -5.65. The molecule has 0 aliphatic heterocycles. The molecule has 1 aromatic heterocycles. The van der Waals surface area contributed by atoms with Gasteiger partial charge in [-0.15, -0.1) is 23.1 Å². The Balaban J connectivity index is 1.27. The maximum Gasteiger partial charge on any atom is 0.341 e. The number of benzene rings is 5. The number of rotatable bonds is 13. The van der Waals surface area contributed by atoms with Gasteiger partial charge in [-0.3, -0.25) is 14.4 Å². The minimum absolute atomic E-state index is 0.0910. The molecule has 1 unspecified atom stereocenters. The summed E-state index contributed by atoms with van der Waals surface area (Å²) in [4.78, 5) is 55.1. The van der Waals surface area contributed by atoms with E-state index < -0.39 is 23.0 Å². The standard InChI is InChI=1S/C43H33Cl2N3O5S2/c1-2-53-43(52)37-33(27-14-6-3-7-15-27)26-54-42(37)48-41(51)38(28-16-8-4-9-17-28)55-31-21-12-20-30(24-31)46-40(50)36(25-32-34(44)22-13-23-35(32)45)47-39(49)29-18-10-5-11-19-29/h3-26,38H,2H2,1H3,(H,46,50)(H,47,49)(H,48,51)/b36-25+. The second-order valence-corrected chi connectivity index (χ2v) is 14.7. The van der Waals surface area contributed by atoms with Crippen molar-refractivity contribution in [2.45, 2.75) is 17.1 Å². The van der Waals surface area contributed by atoms with Crippen LogP contribution in [0, 0.1) is 0 Å². The average molecular weight is 807 g/mol. The second kappa shape index (κ2) is 18.6. The number of halogens is 2. The minimum atomic E-state index is -0.757. The lowest BCUT2D eigenvalue weighted by molar-refractivity contribution is -0.116. The van der Waals surface area contributed by atoms with Crippen molar-refractivity contribution in [3.05, 3.63) is 177 Å². The summed E-state index contributed by atoms with van der Waals surface area (Å²) in [6.07, 6.45) is 1.42. The Labute approximate surface area is 336 Å². The van der Waals surface area contributed by atoms with Gasteiger partial charge in [0, 0.05) is 42.7 Å². The normalized spacial score (nSPS) is 11.7. The number of carbonyl (C=O) groups is 4. The van der Waals surface area contributed by atoms with Gasteiger partial charge in [-0.05, 0) is 66.6 Å². The first-order valence-corrected chi connectivity index (χ1v) is 19.5. The number of esters is 1. The van der Waals surface area contributed by atoms with Crippen LogP contribution < -0.4 is 16.0 Å². The number of carbonyl (C=O) groups excluding carboxylic acids is 4. The number of nitrogens with one attached hydrogen (secondary N) is 3. The molecule has 0 saturated heterocycles. The van der Waals surface area contributed by atoms with E-state index in [0.717, 1.165) is 11.1 Å². The average Bonchev–Trinajstić information content (AvgIpc) is 3.62. The first-order valence-electron chi connectivity index (χ1n) is 17.0. The molecule has 1 heterocycles. The third-order valence-electron chi connectivity index (χ3n) is 8.10. The van der Waals surface area contributed by atoms with Crippen molar-refractivity contribution in [1.82, 2.24) is 5.32 Å². The molecule has 6 rings (SSSR count). The molecule has 6 aromatic rings.